The Labute approximate surface area is 121 Å². The first kappa shape index (κ1) is 18.8. The van der Waals surface area contributed by atoms with Crippen LogP contribution < -0.4 is 0 Å². The predicted octanol–water partition coefficient (Wildman–Crippen LogP) is 2.15. The third-order valence-electron chi connectivity index (χ3n) is 2.74. The molecule has 0 spiro atoms. The van der Waals surface area contributed by atoms with Crippen molar-refractivity contribution in [1.29, 1.82) is 0 Å². The molecule has 0 aliphatic carbocycles. The highest BCUT2D eigenvalue weighted by Gasteiger charge is 2.79. The van der Waals surface area contributed by atoms with Crippen LogP contribution in [0.2, 0.25) is 0 Å². The minimum atomic E-state index is -6.81. The summed E-state index contributed by atoms with van der Waals surface area (Å²) >= 11 is 0. The van der Waals surface area contributed by atoms with Crippen molar-refractivity contribution >= 4 is 10.1 Å². The number of alkyl halides is 7. The Morgan fingerprint density at radius 3 is 2.00 bits per heavy atom. The zero-order chi connectivity index (χ0) is 17.6. The van der Waals surface area contributed by atoms with E-state index in [1.54, 1.807) is 0 Å². The first-order valence-electron chi connectivity index (χ1n) is 5.60. The van der Waals surface area contributed by atoms with Gasteiger partial charge in [-0.15, -0.1) is 0 Å². The summed E-state index contributed by atoms with van der Waals surface area (Å²) in [4.78, 5) is 1.90. The van der Waals surface area contributed by atoms with E-state index in [1.807, 2.05) is 0 Å². The van der Waals surface area contributed by atoms with E-state index in [1.165, 1.54) is 19.3 Å². The van der Waals surface area contributed by atoms with Gasteiger partial charge in [0, 0.05) is 26.0 Å². The Morgan fingerprint density at radius 2 is 1.59 bits per heavy atom. The lowest BCUT2D eigenvalue weighted by Crippen LogP contribution is -2.57. The lowest BCUT2D eigenvalue weighted by molar-refractivity contribution is -0.333. The van der Waals surface area contributed by atoms with Crippen LogP contribution >= 0.6 is 0 Å². The SMILES string of the molecule is CCN1C=CN(C)C1OS(=O)(=O)C(F)(F)C(F)(F)C(F)(F)F. The van der Waals surface area contributed by atoms with Crippen LogP contribution in [-0.2, 0) is 14.3 Å². The van der Waals surface area contributed by atoms with E-state index in [0.29, 0.717) is 0 Å². The molecule has 0 amide bonds. The molecule has 0 saturated heterocycles. The quantitative estimate of drug-likeness (QED) is 0.556. The summed E-state index contributed by atoms with van der Waals surface area (Å²) in [5, 5.41) is -6.49. The standard InChI is InChI=1S/C9H11F7N2O3S/c1-3-18-5-4-17(2)6(18)21-22(19,20)9(15,16)7(10,11)8(12,13)14/h4-6H,3H2,1-2H3. The van der Waals surface area contributed by atoms with Crippen LogP contribution in [0.25, 0.3) is 0 Å². The lowest BCUT2D eigenvalue weighted by atomic mass is 10.3. The second kappa shape index (κ2) is 5.44. The van der Waals surface area contributed by atoms with E-state index in [9.17, 15) is 39.2 Å². The van der Waals surface area contributed by atoms with Crippen molar-refractivity contribution < 1.29 is 43.3 Å². The molecule has 13 heteroatoms. The molecule has 1 rings (SSSR count). The van der Waals surface area contributed by atoms with Gasteiger partial charge in [-0.1, -0.05) is 0 Å². The molecule has 1 atom stereocenters. The van der Waals surface area contributed by atoms with Crippen LogP contribution in [0.1, 0.15) is 6.92 Å². The fraction of sp³-hybridized carbons (Fsp3) is 0.778. The normalized spacial score (nSPS) is 20.9. The molecule has 1 unspecified atom stereocenters. The molecule has 130 valence electrons. The van der Waals surface area contributed by atoms with Gasteiger partial charge >= 0.3 is 27.5 Å². The van der Waals surface area contributed by atoms with E-state index in [4.69, 9.17) is 0 Å². The van der Waals surface area contributed by atoms with E-state index in [2.05, 4.69) is 4.18 Å². The smallest absolute Gasteiger partial charge is 0.336 e. The Kier molecular flexibility index (Phi) is 4.65. The van der Waals surface area contributed by atoms with Gasteiger partial charge in [-0.3, -0.25) is 0 Å². The zero-order valence-electron chi connectivity index (χ0n) is 11.1. The number of hydrogen-bond acceptors (Lipinski definition) is 5. The number of halogens is 7. The molecule has 0 aromatic rings. The molecule has 1 aliphatic rings. The summed E-state index contributed by atoms with van der Waals surface area (Å²) in [6.45, 7) is 1.48. The van der Waals surface area contributed by atoms with Gasteiger partial charge < -0.3 is 9.80 Å². The van der Waals surface area contributed by atoms with Gasteiger partial charge in [0.25, 0.3) is 0 Å². The van der Waals surface area contributed by atoms with Gasteiger partial charge in [0.1, 0.15) is 0 Å². The molecule has 22 heavy (non-hydrogen) atoms. The fourth-order valence-electron chi connectivity index (χ4n) is 1.45. The van der Waals surface area contributed by atoms with Crippen LogP contribution in [0.15, 0.2) is 12.4 Å². The number of nitrogens with zero attached hydrogens (tertiary/aromatic N) is 2. The minimum Gasteiger partial charge on any atom is -0.336 e. The van der Waals surface area contributed by atoms with Crippen LogP contribution in [-0.4, -0.2) is 55.5 Å². The van der Waals surface area contributed by atoms with E-state index < -0.39 is 33.8 Å². The highest BCUT2D eigenvalue weighted by atomic mass is 32.2. The van der Waals surface area contributed by atoms with Crippen molar-refractivity contribution in [3.05, 3.63) is 12.4 Å². The van der Waals surface area contributed by atoms with Gasteiger partial charge in [-0.25, -0.2) is 4.18 Å². The molecule has 0 fully saturated rings. The fourth-order valence-corrected chi connectivity index (χ4v) is 2.48. The molecule has 0 aromatic heterocycles. The average molecular weight is 360 g/mol. The van der Waals surface area contributed by atoms with E-state index >= 15 is 0 Å². The second-order valence-corrected chi connectivity index (χ2v) is 5.87. The van der Waals surface area contributed by atoms with Gasteiger partial charge in [0.15, 0.2) is 0 Å². The molecule has 0 aromatic carbocycles. The second-order valence-electron chi connectivity index (χ2n) is 4.26. The first-order chi connectivity index (χ1) is 9.69. The van der Waals surface area contributed by atoms with E-state index in [-0.39, 0.29) is 6.54 Å². The van der Waals surface area contributed by atoms with Crippen LogP contribution in [0.5, 0.6) is 0 Å². The Bertz CT molecular complexity index is 546. The largest absolute Gasteiger partial charge is 0.461 e. The van der Waals surface area contributed by atoms with E-state index in [0.717, 1.165) is 16.8 Å². The van der Waals surface area contributed by atoms with Gasteiger partial charge in [-0.2, -0.15) is 39.2 Å². The van der Waals surface area contributed by atoms with Crippen molar-refractivity contribution in [2.75, 3.05) is 13.6 Å². The van der Waals surface area contributed by atoms with Crippen LogP contribution in [0.3, 0.4) is 0 Å². The molecule has 0 saturated carbocycles. The van der Waals surface area contributed by atoms with Crippen LogP contribution in [0.4, 0.5) is 30.7 Å². The van der Waals surface area contributed by atoms with Crippen molar-refractivity contribution in [3.8, 4) is 0 Å². The summed E-state index contributed by atoms with van der Waals surface area (Å²) in [6.07, 6.45) is -6.19. The summed E-state index contributed by atoms with van der Waals surface area (Å²) in [6, 6.07) is 0. The molecule has 5 nitrogen and oxygen atoms in total. The maximum absolute atomic E-state index is 13.2. The maximum Gasteiger partial charge on any atom is 0.461 e. The Hall–Kier alpha value is -1.24. The van der Waals surface area contributed by atoms with Gasteiger partial charge in [-0.05, 0) is 6.92 Å². The van der Waals surface area contributed by atoms with Gasteiger partial charge in [0.2, 0.25) is 6.35 Å². The predicted molar refractivity (Wildman–Crippen MR) is 59.0 cm³/mol. The molecule has 1 heterocycles. The third kappa shape index (κ3) is 2.83. The lowest BCUT2D eigenvalue weighted by Gasteiger charge is -2.32. The summed E-state index contributed by atoms with van der Waals surface area (Å²) in [5.41, 5.74) is 0. The van der Waals surface area contributed by atoms with Crippen molar-refractivity contribution in [2.24, 2.45) is 0 Å². The molecular weight excluding hydrogens is 349 g/mol. The monoisotopic (exact) mass is 360 g/mol. The summed E-state index contributed by atoms with van der Waals surface area (Å²) < 4.78 is 115. The topological polar surface area (TPSA) is 49.9 Å². The average Bonchev–Trinajstić information content (AvgIpc) is 2.68. The molecule has 0 bridgehead atoms. The van der Waals surface area contributed by atoms with Crippen molar-refractivity contribution in [1.82, 2.24) is 9.80 Å². The zero-order valence-corrected chi connectivity index (χ0v) is 11.9. The third-order valence-corrected chi connectivity index (χ3v) is 4.05. The summed E-state index contributed by atoms with van der Waals surface area (Å²) in [7, 11) is -5.43. The minimum absolute atomic E-state index is 0.0300. The van der Waals surface area contributed by atoms with Gasteiger partial charge in [0.05, 0.1) is 0 Å². The van der Waals surface area contributed by atoms with Crippen molar-refractivity contribution in [2.45, 2.75) is 30.6 Å². The number of hydrogen-bond donors (Lipinski definition) is 0. The molecular formula is C9H11F7N2O3S. The highest BCUT2D eigenvalue weighted by Crippen LogP contribution is 2.49. The Morgan fingerprint density at radius 1 is 1.09 bits per heavy atom. The van der Waals surface area contributed by atoms with Crippen molar-refractivity contribution in [3.63, 3.8) is 0 Å². The molecule has 0 radical (unpaired) electrons. The molecule has 0 N–H and O–H groups in total. The molecule has 1 aliphatic heterocycles. The maximum atomic E-state index is 13.2. The highest BCUT2D eigenvalue weighted by molar-refractivity contribution is 7.87. The van der Waals surface area contributed by atoms with Crippen LogP contribution in [0, 0.1) is 0 Å². The number of rotatable bonds is 5. The summed E-state index contributed by atoms with van der Waals surface area (Å²) in [5.74, 6) is -6.81. The first-order valence-corrected chi connectivity index (χ1v) is 7.01. The Balaban J connectivity index is 3.13.